The number of amides is 1. The Morgan fingerprint density at radius 3 is 2.25 bits per heavy atom. The Balaban J connectivity index is 4.01. The van der Waals surface area contributed by atoms with Gasteiger partial charge in [0.15, 0.2) is 0 Å². The number of carbonyl (C=O) groups is 2. The molecule has 0 rings (SSSR count). The fourth-order valence-corrected chi connectivity index (χ4v) is 1.46. The van der Waals surface area contributed by atoms with E-state index in [1.54, 1.807) is 0 Å². The van der Waals surface area contributed by atoms with E-state index in [0.717, 1.165) is 6.42 Å². The first-order chi connectivity index (χ1) is 7.11. The second-order valence-corrected chi connectivity index (χ2v) is 5.36. The zero-order valence-electron chi connectivity index (χ0n) is 10.4. The van der Waals surface area contributed by atoms with E-state index in [4.69, 9.17) is 10.8 Å². The van der Waals surface area contributed by atoms with Crippen LogP contribution < -0.4 is 11.1 Å². The number of aliphatic carboxylic acids is 1. The second-order valence-electron chi connectivity index (χ2n) is 5.36. The summed E-state index contributed by atoms with van der Waals surface area (Å²) in [5, 5.41) is 11.0. The van der Waals surface area contributed by atoms with E-state index >= 15 is 0 Å². The number of carboxylic acid groups (broad SMARTS) is 1. The molecule has 1 amide bonds. The molecule has 0 radical (unpaired) electrons. The molecule has 0 aromatic rings. The van der Waals surface area contributed by atoms with Crippen LogP contribution >= 0.6 is 0 Å². The first-order valence-corrected chi connectivity index (χ1v) is 5.39. The van der Waals surface area contributed by atoms with Crippen molar-refractivity contribution in [3.05, 3.63) is 0 Å². The van der Waals surface area contributed by atoms with Crippen molar-refractivity contribution in [2.75, 3.05) is 0 Å². The summed E-state index contributed by atoms with van der Waals surface area (Å²) < 4.78 is 0. The smallest absolute Gasteiger partial charge is 0.325 e. The first-order valence-electron chi connectivity index (χ1n) is 5.39. The first kappa shape index (κ1) is 14.9. The van der Waals surface area contributed by atoms with E-state index in [9.17, 15) is 9.59 Å². The molecule has 0 aliphatic carbocycles. The maximum Gasteiger partial charge on any atom is 0.325 e. The number of rotatable bonds is 5. The summed E-state index contributed by atoms with van der Waals surface area (Å²) in [6.07, 6.45) is 0.886. The van der Waals surface area contributed by atoms with Gasteiger partial charge in [-0.3, -0.25) is 9.59 Å². The maximum atomic E-state index is 11.4. The van der Waals surface area contributed by atoms with Gasteiger partial charge in [-0.2, -0.15) is 0 Å². The van der Waals surface area contributed by atoms with Crippen LogP contribution in [0.15, 0.2) is 0 Å². The molecular formula is C11H22N2O3. The molecule has 0 aliphatic rings. The highest BCUT2D eigenvalue weighted by Crippen LogP contribution is 2.20. The Labute approximate surface area is 96.4 Å². The predicted octanol–water partition coefficient (Wildman–Crippen LogP) is 0.729. The lowest BCUT2D eigenvalue weighted by Gasteiger charge is -2.23. The van der Waals surface area contributed by atoms with Gasteiger partial charge in [-0.25, -0.2) is 0 Å². The molecule has 5 heteroatoms. The van der Waals surface area contributed by atoms with Gasteiger partial charge in [0.25, 0.3) is 0 Å². The fraction of sp³-hybridized carbons (Fsp3) is 0.818. The van der Waals surface area contributed by atoms with Gasteiger partial charge >= 0.3 is 5.97 Å². The summed E-state index contributed by atoms with van der Waals surface area (Å²) in [6.45, 7) is 7.56. The number of carboxylic acids is 1. The van der Waals surface area contributed by atoms with E-state index in [2.05, 4.69) is 5.32 Å². The molecule has 0 aliphatic heterocycles. The molecule has 0 saturated heterocycles. The molecule has 16 heavy (non-hydrogen) atoms. The minimum atomic E-state index is -1.04. The third kappa shape index (κ3) is 7.23. The Hall–Kier alpha value is -1.10. The molecule has 0 aromatic carbocycles. The lowest BCUT2D eigenvalue weighted by Crippen LogP contribution is -2.41. The van der Waals surface area contributed by atoms with Gasteiger partial charge in [-0.05, 0) is 18.8 Å². The van der Waals surface area contributed by atoms with Crippen LogP contribution in [0, 0.1) is 5.41 Å². The molecule has 0 heterocycles. The van der Waals surface area contributed by atoms with Crippen molar-refractivity contribution in [3.8, 4) is 0 Å². The SMILES string of the molecule is C[C@H](NC(=O)CC(N)CC(C)(C)C)C(=O)O. The fourth-order valence-electron chi connectivity index (χ4n) is 1.46. The minimum absolute atomic E-state index is 0.0676. The summed E-state index contributed by atoms with van der Waals surface area (Å²) in [6, 6.07) is -1.10. The average molecular weight is 230 g/mol. The number of nitrogens with two attached hydrogens (primary N) is 1. The van der Waals surface area contributed by atoms with Crippen LogP contribution in [-0.2, 0) is 9.59 Å². The summed E-state index contributed by atoms with van der Waals surface area (Å²) in [5.41, 5.74) is 5.87. The van der Waals surface area contributed by atoms with Crippen molar-refractivity contribution in [1.82, 2.24) is 5.32 Å². The summed E-state index contributed by atoms with van der Waals surface area (Å²) in [5.74, 6) is -1.36. The van der Waals surface area contributed by atoms with Crippen LogP contribution in [0.5, 0.6) is 0 Å². The summed E-state index contributed by atoms with van der Waals surface area (Å²) in [4.78, 5) is 21.9. The van der Waals surface area contributed by atoms with Crippen LogP contribution in [0.25, 0.3) is 0 Å². The van der Waals surface area contributed by atoms with Gasteiger partial charge in [-0.1, -0.05) is 20.8 Å². The zero-order valence-corrected chi connectivity index (χ0v) is 10.4. The molecule has 5 nitrogen and oxygen atoms in total. The Morgan fingerprint density at radius 1 is 1.38 bits per heavy atom. The lowest BCUT2D eigenvalue weighted by atomic mass is 9.87. The van der Waals surface area contributed by atoms with Crippen molar-refractivity contribution in [1.29, 1.82) is 0 Å². The van der Waals surface area contributed by atoms with Gasteiger partial charge in [-0.15, -0.1) is 0 Å². The highest BCUT2D eigenvalue weighted by molar-refractivity contribution is 5.83. The van der Waals surface area contributed by atoms with E-state index in [0.29, 0.717) is 0 Å². The topological polar surface area (TPSA) is 92.4 Å². The van der Waals surface area contributed by atoms with Crippen molar-refractivity contribution >= 4 is 11.9 Å². The van der Waals surface area contributed by atoms with Gasteiger partial charge in [0, 0.05) is 12.5 Å². The van der Waals surface area contributed by atoms with Crippen molar-refractivity contribution < 1.29 is 14.7 Å². The number of hydrogen-bond donors (Lipinski definition) is 3. The van der Waals surface area contributed by atoms with E-state index in [1.807, 2.05) is 20.8 Å². The van der Waals surface area contributed by atoms with Crippen LogP contribution in [0.2, 0.25) is 0 Å². The van der Waals surface area contributed by atoms with Crippen LogP contribution in [0.4, 0.5) is 0 Å². The number of hydrogen-bond acceptors (Lipinski definition) is 3. The monoisotopic (exact) mass is 230 g/mol. The standard InChI is InChI=1S/C11H22N2O3/c1-7(10(15)16)13-9(14)5-8(12)6-11(2,3)4/h7-8H,5-6,12H2,1-4H3,(H,13,14)(H,15,16)/t7-,8?/m0/s1. The normalized spacial score (nSPS) is 15.3. The minimum Gasteiger partial charge on any atom is -0.480 e. The van der Waals surface area contributed by atoms with Gasteiger partial charge in [0.05, 0.1) is 0 Å². The molecule has 1 unspecified atom stereocenters. The van der Waals surface area contributed by atoms with Crippen molar-refractivity contribution in [3.63, 3.8) is 0 Å². The average Bonchev–Trinajstić information content (AvgIpc) is 1.98. The molecule has 0 spiro atoms. The zero-order chi connectivity index (χ0) is 12.9. The summed E-state index contributed by atoms with van der Waals surface area (Å²) >= 11 is 0. The maximum absolute atomic E-state index is 11.4. The van der Waals surface area contributed by atoms with Crippen molar-refractivity contribution in [2.24, 2.45) is 11.1 Å². The highest BCUT2D eigenvalue weighted by atomic mass is 16.4. The molecule has 0 saturated carbocycles. The van der Waals surface area contributed by atoms with Gasteiger partial charge in [0.1, 0.15) is 6.04 Å². The number of nitrogens with one attached hydrogen (secondary N) is 1. The quantitative estimate of drug-likeness (QED) is 0.649. The van der Waals surface area contributed by atoms with Crippen LogP contribution in [-0.4, -0.2) is 29.1 Å². The Kier molecular flexibility index (Phi) is 5.44. The second kappa shape index (κ2) is 5.84. The molecular weight excluding hydrogens is 208 g/mol. The van der Waals surface area contributed by atoms with Gasteiger partial charge < -0.3 is 16.2 Å². The largest absolute Gasteiger partial charge is 0.480 e. The number of carbonyl (C=O) groups excluding carboxylic acids is 1. The van der Waals surface area contributed by atoms with Crippen molar-refractivity contribution in [2.45, 2.75) is 52.6 Å². The van der Waals surface area contributed by atoms with Crippen LogP contribution in [0.1, 0.15) is 40.5 Å². The Bertz CT molecular complexity index is 258. The van der Waals surface area contributed by atoms with E-state index in [1.165, 1.54) is 6.92 Å². The molecule has 2 atom stereocenters. The molecule has 4 N–H and O–H groups in total. The van der Waals surface area contributed by atoms with E-state index in [-0.39, 0.29) is 23.8 Å². The van der Waals surface area contributed by atoms with Gasteiger partial charge in [0.2, 0.25) is 5.91 Å². The lowest BCUT2D eigenvalue weighted by molar-refractivity contribution is -0.141. The van der Waals surface area contributed by atoms with Crippen LogP contribution in [0.3, 0.4) is 0 Å². The highest BCUT2D eigenvalue weighted by Gasteiger charge is 2.20. The summed E-state index contributed by atoms with van der Waals surface area (Å²) in [7, 11) is 0. The molecule has 94 valence electrons. The van der Waals surface area contributed by atoms with E-state index < -0.39 is 12.0 Å². The molecule has 0 fully saturated rings. The third-order valence-electron chi connectivity index (χ3n) is 2.07. The Morgan fingerprint density at radius 2 is 1.88 bits per heavy atom. The molecule has 0 bridgehead atoms. The third-order valence-corrected chi connectivity index (χ3v) is 2.07. The molecule has 0 aromatic heterocycles. The predicted molar refractivity (Wildman–Crippen MR) is 61.9 cm³/mol.